The lowest BCUT2D eigenvalue weighted by Crippen LogP contribution is -2.15. The number of benzene rings is 1. The molecule has 28 heavy (non-hydrogen) atoms. The highest BCUT2D eigenvalue weighted by atomic mass is 79.9. The molecule has 1 aromatic heterocycles. The van der Waals surface area contributed by atoms with Crippen molar-refractivity contribution >= 4 is 21.9 Å². The maximum atomic E-state index is 14.1. The Morgan fingerprint density at radius 2 is 2.04 bits per heavy atom. The van der Waals surface area contributed by atoms with Crippen molar-refractivity contribution in [3.63, 3.8) is 0 Å². The molecule has 6 rings (SSSR count). The van der Waals surface area contributed by atoms with Crippen molar-refractivity contribution in [1.29, 1.82) is 0 Å². The average molecular weight is 454 g/mol. The quantitative estimate of drug-likeness (QED) is 0.585. The summed E-state index contributed by atoms with van der Waals surface area (Å²) in [4.78, 5) is 16.5. The van der Waals surface area contributed by atoms with Gasteiger partial charge in [-0.15, -0.1) is 0 Å². The Morgan fingerprint density at radius 1 is 1.29 bits per heavy atom. The Balaban J connectivity index is 1.32. The number of carbonyl (C=O) groups is 1. The number of aromatic nitrogens is 1. The lowest BCUT2D eigenvalue weighted by molar-refractivity contribution is -0.147. The first-order chi connectivity index (χ1) is 13.4. The van der Waals surface area contributed by atoms with E-state index in [0.717, 1.165) is 17.2 Å². The first kappa shape index (κ1) is 18.0. The lowest BCUT2D eigenvalue weighted by Gasteiger charge is -2.10. The molecule has 0 radical (unpaired) electrons. The van der Waals surface area contributed by atoms with E-state index >= 15 is 0 Å². The summed E-state index contributed by atoms with van der Waals surface area (Å²) >= 11 is 3.04. The molecule has 4 nitrogen and oxygen atoms in total. The third-order valence-electron chi connectivity index (χ3n) is 6.10. The predicted octanol–water partition coefficient (Wildman–Crippen LogP) is 4.87. The smallest absolute Gasteiger partial charge is 0.313 e. The zero-order valence-corrected chi connectivity index (χ0v) is 16.3. The molecule has 4 aliphatic carbocycles. The van der Waals surface area contributed by atoms with E-state index in [4.69, 9.17) is 9.47 Å². The van der Waals surface area contributed by atoms with Crippen LogP contribution in [0.15, 0.2) is 28.9 Å². The van der Waals surface area contributed by atoms with Crippen LogP contribution in [-0.2, 0) is 16.1 Å². The van der Waals surface area contributed by atoms with Crippen LogP contribution in [0.2, 0.25) is 0 Å². The monoisotopic (exact) mass is 453 g/mol. The van der Waals surface area contributed by atoms with Crippen LogP contribution in [-0.4, -0.2) is 17.6 Å². The highest BCUT2D eigenvalue weighted by Gasteiger charge is 2.95. The van der Waals surface area contributed by atoms with Gasteiger partial charge in [-0.3, -0.25) is 4.79 Å². The number of rotatable bonds is 6. The summed E-state index contributed by atoms with van der Waals surface area (Å²) in [5.74, 6) is 0.0934. The van der Waals surface area contributed by atoms with Gasteiger partial charge in [-0.25, -0.2) is 18.2 Å². The number of halogens is 4. The minimum atomic E-state index is -2.77. The van der Waals surface area contributed by atoms with Gasteiger partial charge in [-0.05, 0) is 36.1 Å². The largest absolute Gasteiger partial charge is 0.473 e. The van der Waals surface area contributed by atoms with Crippen LogP contribution in [0.25, 0.3) is 0 Å². The maximum absolute atomic E-state index is 14.1. The molecule has 4 atom stereocenters. The van der Waals surface area contributed by atoms with Gasteiger partial charge in [0.15, 0.2) is 0 Å². The molecule has 0 spiro atoms. The van der Waals surface area contributed by atoms with Crippen molar-refractivity contribution in [3.05, 3.63) is 56.9 Å². The molecule has 2 aromatic rings. The molecule has 0 aliphatic heterocycles. The molecule has 4 aliphatic rings. The van der Waals surface area contributed by atoms with Gasteiger partial charge in [0.05, 0.1) is 12.0 Å². The fourth-order valence-corrected chi connectivity index (χ4v) is 5.35. The third kappa shape index (κ3) is 2.24. The molecule has 0 amide bonds. The summed E-state index contributed by atoms with van der Waals surface area (Å²) in [7, 11) is 0. The second-order valence-corrected chi connectivity index (χ2v) is 8.19. The van der Waals surface area contributed by atoms with Crippen molar-refractivity contribution in [2.75, 3.05) is 6.61 Å². The molecule has 0 saturated heterocycles. The van der Waals surface area contributed by atoms with Gasteiger partial charge in [0.25, 0.3) is 6.43 Å². The van der Waals surface area contributed by atoms with Gasteiger partial charge in [0, 0.05) is 39.7 Å². The molecule has 1 unspecified atom stereocenters. The van der Waals surface area contributed by atoms with Crippen molar-refractivity contribution in [1.82, 2.24) is 4.98 Å². The number of nitrogens with zero attached hydrogens (tertiary/aromatic N) is 1. The van der Waals surface area contributed by atoms with E-state index in [2.05, 4.69) is 20.9 Å². The molecule has 146 valence electrons. The summed E-state index contributed by atoms with van der Waals surface area (Å²) in [5.41, 5.74) is 1.47. The normalized spacial score (nSPS) is 28.0. The van der Waals surface area contributed by atoms with Crippen LogP contribution >= 0.6 is 15.9 Å². The summed E-state index contributed by atoms with van der Waals surface area (Å²) < 4.78 is 50.7. The Hall–Kier alpha value is -2.09. The molecule has 2 saturated carbocycles. The van der Waals surface area contributed by atoms with Crippen molar-refractivity contribution < 1.29 is 27.4 Å². The lowest BCUT2D eigenvalue weighted by atomic mass is 10.0. The van der Waals surface area contributed by atoms with E-state index in [9.17, 15) is 18.0 Å². The topological polar surface area (TPSA) is 48.4 Å². The van der Waals surface area contributed by atoms with Crippen LogP contribution in [0.3, 0.4) is 0 Å². The number of pyridine rings is 1. The van der Waals surface area contributed by atoms with Gasteiger partial charge >= 0.3 is 5.97 Å². The SMILES string of the molecule is CCOC(=O)[C@@]12C3c4cc(OCc5cc(Br)c(C(F)F)cc5F)ncc4[C@H]1[C@@H]32. The second-order valence-electron chi connectivity index (χ2n) is 7.34. The van der Waals surface area contributed by atoms with Gasteiger partial charge in [-0.1, -0.05) is 15.9 Å². The highest BCUT2D eigenvalue weighted by molar-refractivity contribution is 9.10. The zero-order chi connectivity index (χ0) is 19.8. The summed E-state index contributed by atoms with van der Waals surface area (Å²) in [6.45, 7) is 2.02. The van der Waals surface area contributed by atoms with Crippen LogP contribution in [0.5, 0.6) is 5.88 Å². The van der Waals surface area contributed by atoms with E-state index < -0.39 is 17.8 Å². The van der Waals surface area contributed by atoms with E-state index in [1.807, 2.05) is 0 Å². The number of hydrogen-bond acceptors (Lipinski definition) is 4. The Labute approximate surface area is 167 Å². The molecule has 1 heterocycles. The van der Waals surface area contributed by atoms with Crippen LogP contribution in [0, 0.1) is 17.2 Å². The Bertz CT molecular complexity index is 1010. The number of ether oxygens (including phenoxy) is 2. The Kier molecular flexibility index (Phi) is 3.82. The van der Waals surface area contributed by atoms with E-state index in [1.54, 1.807) is 19.2 Å². The number of carbonyl (C=O) groups excluding carboxylic acids is 1. The van der Waals surface area contributed by atoms with Crippen molar-refractivity contribution in [3.8, 4) is 5.88 Å². The maximum Gasteiger partial charge on any atom is 0.313 e. The van der Waals surface area contributed by atoms with Crippen molar-refractivity contribution in [2.45, 2.75) is 31.8 Å². The summed E-state index contributed by atoms with van der Waals surface area (Å²) in [6.07, 6.45) is -1.06. The van der Waals surface area contributed by atoms with Crippen LogP contribution in [0.4, 0.5) is 13.2 Å². The van der Waals surface area contributed by atoms with Gasteiger partial charge in [0.2, 0.25) is 5.88 Å². The van der Waals surface area contributed by atoms with Gasteiger partial charge in [0.1, 0.15) is 12.4 Å². The fraction of sp³-hybridized carbons (Fsp3) is 0.400. The average Bonchev–Trinajstić information content (AvgIpc) is 3.44. The molecule has 8 heteroatoms. The standard InChI is InChI=1S/C20H15BrF3NO3/c1-2-27-19(26)20-15-9-5-14(25-6-11(9)16(20)17(15)20)28-7-8-3-12(21)10(18(23)24)4-13(8)22/h3-6,15-18H,2,7H2,1H3/t15?,16-,17+,20-/m0/s1. The zero-order valence-electron chi connectivity index (χ0n) is 14.7. The molecule has 0 N–H and O–H groups in total. The third-order valence-corrected chi connectivity index (χ3v) is 6.79. The van der Waals surface area contributed by atoms with E-state index in [-0.39, 0.29) is 39.9 Å². The minimum absolute atomic E-state index is 0.130. The predicted molar refractivity (Wildman–Crippen MR) is 95.7 cm³/mol. The first-order valence-electron chi connectivity index (χ1n) is 8.97. The summed E-state index contributed by atoms with van der Waals surface area (Å²) in [5, 5.41) is 0. The molecular formula is C20H15BrF3NO3. The number of alkyl halides is 2. The van der Waals surface area contributed by atoms with Crippen molar-refractivity contribution in [2.24, 2.45) is 11.3 Å². The molecule has 2 fully saturated rings. The highest BCUT2D eigenvalue weighted by Crippen LogP contribution is 2.97. The fourth-order valence-electron chi connectivity index (χ4n) is 4.79. The van der Waals surface area contributed by atoms with E-state index in [1.165, 1.54) is 6.07 Å². The minimum Gasteiger partial charge on any atom is -0.473 e. The first-order valence-corrected chi connectivity index (χ1v) is 9.76. The molecular weight excluding hydrogens is 439 g/mol. The Morgan fingerprint density at radius 3 is 2.75 bits per heavy atom. The van der Waals surface area contributed by atoms with Crippen LogP contribution in [0.1, 0.15) is 47.4 Å². The van der Waals surface area contributed by atoms with Gasteiger partial charge < -0.3 is 9.47 Å². The number of esters is 1. The van der Waals surface area contributed by atoms with Gasteiger partial charge in [-0.2, -0.15) is 0 Å². The van der Waals surface area contributed by atoms with Crippen LogP contribution < -0.4 is 4.74 Å². The molecule has 1 aromatic carbocycles. The van der Waals surface area contributed by atoms with E-state index in [0.29, 0.717) is 18.4 Å². The second kappa shape index (κ2) is 5.95. The summed E-state index contributed by atoms with van der Waals surface area (Å²) in [6, 6.07) is 3.90. The molecule has 2 bridgehead atoms. The number of hydrogen-bond donors (Lipinski definition) is 0.